The minimum absolute atomic E-state index is 0.376. The van der Waals surface area contributed by atoms with Crippen molar-refractivity contribution in [1.82, 2.24) is 0 Å². The molecule has 140 valence electrons. The van der Waals surface area contributed by atoms with Gasteiger partial charge in [0.25, 0.3) is 11.3 Å². The summed E-state index contributed by atoms with van der Waals surface area (Å²) >= 11 is 0.608. The fraction of sp³-hybridized carbons (Fsp3) is 0.0667. The lowest BCUT2D eigenvalue weighted by molar-refractivity contribution is 0.414. The third kappa shape index (κ3) is 4.89. The molecule has 0 aliphatic carbocycles. The van der Waals surface area contributed by atoms with E-state index in [-0.39, 0.29) is 5.69 Å². The van der Waals surface area contributed by atoms with Gasteiger partial charge < -0.3 is 4.74 Å². The molecule has 3 N–H and O–H groups in total. The van der Waals surface area contributed by atoms with Crippen LogP contribution in [-0.4, -0.2) is 24.3 Å². The number of hydrogen-bond acceptors (Lipinski definition) is 4. The molecule has 0 saturated carbocycles. The van der Waals surface area contributed by atoms with Crippen molar-refractivity contribution in [3.63, 3.8) is 0 Å². The number of nitrogens with zero attached hydrogens (tertiary/aromatic N) is 1. The van der Waals surface area contributed by atoms with E-state index in [0.717, 1.165) is 28.9 Å². The molecule has 0 saturated heterocycles. The molecule has 11 heteroatoms. The molecule has 0 radical (unpaired) electrons. The molecule has 26 heavy (non-hydrogen) atoms. The van der Waals surface area contributed by atoms with E-state index in [4.69, 9.17) is 9.88 Å². The molecule has 0 bridgehead atoms. The van der Waals surface area contributed by atoms with Gasteiger partial charge in [0, 0.05) is 16.2 Å². The molecule has 1 atom stereocenters. The first-order chi connectivity index (χ1) is 12.1. The number of nitrogens with two attached hydrogens (primary N) is 1. The minimum Gasteiger partial charge on any atom is -0.496 e. The molecule has 0 fully saturated rings. The van der Waals surface area contributed by atoms with Gasteiger partial charge in [0.1, 0.15) is 16.5 Å². The van der Waals surface area contributed by atoms with Gasteiger partial charge in [-0.05, 0) is 42.5 Å². The quantitative estimate of drug-likeness (QED) is 0.638. The zero-order valence-corrected chi connectivity index (χ0v) is 16.5. The Morgan fingerprint density at radius 2 is 2.00 bits per heavy atom. The highest BCUT2D eigenvalue weighted by Gasteiger charge is 2.21. The molecule has 2 aromatic rings. The molecule has 0 aliphatic heterocycles. The van der Waals surface area contributed by atoms with E-state index < -0.39 is 32.0 Å². The second-order valence-corrected chi connectivity index (χ2v) is 8.22. The normalized spacial score (nSPS) is 13.0. The van der Waals surface area contributed by atoms with Crippen LogP contribution in [0.1, 0.15) is 5.56 Å². The van der Waals surface area contributed by atoms with Crippen LogP contribution in [0.3, 0.4) is 0 Å². The van der Waals surface area contributed by atoms with Gasteiger partial charge in [-0.15, -0.1) is 0 Å². The van der Waals surface area contributed by atoms with Crippen molar-refractivity contribution in [2.24, 2.45) is 5.14 Å². The van der Waals surface area contributed by atoms with E-state index in [0.29, 0.717) is 15.6 Å². The van der Waals surface area contributed by atoms with Crippen LogP contribution in [0.25, 0.3) is 6.08 Å². The van der Waals surface area contributed by atoms with Crippen LogP contribution in [0.15, 0.2) is 52.0 Å². The lowest BCUT2D eigenvalue weighted by atomic mass is 10.2. The first-order valence-corrected chi connectivity index (χ1v) is 10.3. The second-order valence-electron chi connectivity index (χ2n) is 4.92. The average Bonchev–Trinajstić information content (AvgIpc) is 2.54. The molecule has 2 rings (SSSR count). The maximum absolute atomic E-state index is 13.6. The minimum atomic E-state index is -4.25. The number of methoxy groups -OCH3 is 1. The van der Waals surface area contributed by atoms with E-state index in [1.165, 1.54) is 13.2 Å². The molecular formula is C15H14BrFN2O5S2. The Labute approximate surface area is 160 Å². The third-order valence-corrected chi connectivity index (χ3v) is 5.32. The SMILES string of the molecule is COc1ccc(Br)cc1C=CN(c1cc(F)ccc1S(N)(=O)=O)S(=O)O. The summed E-state index contributed by atoms with van der Waals surface area (Å²) in [5.41, 5.74) is 0.157. The summed E-state index contributed by atoms with van der Waals surface area (Å²) < 4.78 is 64.9. The number of benzene rings is 2. The van der Waals surface area contributed by atoms with Gasteiger partial charge in [-0.2, -0.15) is 0 Å². The molecule has 0 amide bonds. The summed E-state index contributed by atoms with van der Waals surface area (Å²) in [5.74, 6) is -0.324. The van der Waals surface area contributed by atoms with E-state index in [1.807, 2.05) is 0 Å². The van der Waals surface area contributed by atoms with Crippen molar-refractivity contribution in [2.75, 3.05) is 11.4 Å². The van der Waals surface area contributed by atoms with Crippen LogP contribution in [-0.2, 0) is 21.3 Å². The van der Waals surface area contributed by atoms with Crippen molar-refractivity contribution < 1.29 is 26.3 Å². The van der Waals surface area contributed by atoms with E-state index in [2.05, 4.69) is 15.9 Å². The summed E-state index contributed by atoms with van der Waals surface area (Å²) in [4.78, 5) is -0.493. The molecule has 2 aromatic carbocycles. The molecule has 1 unspecified atom stereocenters. The summed E-state index contributed by atoms with van der Waals surface area (Å²) in [6.45, 7) is 0. The highest BCUT2D eigenvalue weighted by atomic mass is 79.9. The molecule has 7 nitrogen and oxygen atoms in total. The Bertz CT molecular complexity index is 982. The Kier molecular flexibility index (Phi) is 6.53. The number of rotatable bonds is 6. The number of halogens is 2. The largest absolute Gasteiger partial charge is 0.496 e. The summed E-state index contributed by atoms with van der Waals surface area (Å²) in [7, 11) is -2.80. The molecule has 0 heterocycles. The van der Waals surface area contributed by atoms with E-state index in [1.54, 1.807) is 18.2 Å². The van der Waals surface area contributed by atoms with Crippen molar-refractivity contribution in [3.8, 4) is 5.75 Å². The van der Waals surface area contributed by atoms with Gasteiger partial charge >= 0.3 is 0 Å². The Morgan fingerprint density at radius 3 is 2.58 bits per heavy atom. The molecule has 0 aliphatic rings. The van der Waals surface area contributed by atoms with Crippen LogP contribution in [0.2, 0.25) is 0 Å². The molecule has 0 aromatic heterocycles. The Balaban J connectivity index is 2.57. The van der Waals surface area contributed by atoms with Gasteiger partial charge in [0.05, 0.1) is 12.8 Å². The maximum atomic E-state index is 13.6. The van der Waals surface area contributed by atoms with Crippen molar-refractivity contribution >= 4 is 49.0 Å². The summed E-state index contributed by atoms with van der Waals surface area (Å²) in [5, 5.41) is 5.11. The van der Waals surface area contributed by atoms with E-state index >= 15 is 0 Å². The third-order valence-electron chi connectivity index (χ3n) is 3.21. The first-order valence-electron chi connectivity index (χ1n) is 6.88. The first kappa shape index (κ1) is 20.5. The smallest absolute Gasteiger partial charge is 0.266 e. The topological polar surface area (TPSA) is 110 Å². The average molecular weight is 465 g/mol. The van der Waals surface area contributed by atoms with Gasteiger partial charge in [-0.25, -0.2) is 26.5 Å². The predicted molar refractivity (Wildman–Crippen MR) is 101 cm³/mol. The number of ether oxygens (including phenoxy) is 1. The zero-order valence-electron chi connectivity index (χ0n) is 13.3. The number of hydrogen-bond donors (Lipinski definition) is 2. The molecule has 0 spiro atoms. The summed E-state index contributed by atoms with van der Waals surface area (Å²) in [6, 6.07) is 7.71. The van der Waals surface area contributed by atoms with Gasteiger partial charge in [-0.3, -0.25) is 4.55 Å². The number of sulfonamides is 1. The lowest BCUT2D eigenvalue weighted by Crippen LogP contribution is -2.23. The van der Waals surface area contributed by atoms with Crippen LogP contribution in [0.4, 0.5) is 10.1 Å². The number of anilines is 1. The fourth-order valence-corrected chi connectivity index (χ4v) is 3.73. The van der Waals surface area contributed by atoms with Crippen molar-refractivity contribution in [3.05, 3.63) is 58.5 Å². The maximum Gasteiger partial charge on any atom is 0.266 e. The van der Waals surface area contributed by atoms with Crippen molar-refractivity contribution in [1.29, 1.82) is 0 Å². The Hall–Kier alpha value is -1.79. The van der Waals surface area contributed by atoms with Crippen LogP contribution < -0.4 is 14.2 Å². The molecular weight excluding hydrogens is 451 g/mol. The van der Waals surface area contributed by atoms with Gasteiger partial charge in [0.15, 0.2) is 0 Å². The van der Waals surface area contributed by atoms with Crippen LogP contribution in [0, 0.1) is 5.82 Å². The predicted octanol–water partition coefficient (Wildman–Crippen LogP) is 2.86. The summed E-state index contributed by atoms with van der Waals surface area (Å²) in [6.07, 6.45) is 2.54. The van der Waals surface area contributed by atoms with Gasteiger partial charge in [0.2, 0.25) is 10.0 Å². The second kappa shape index (κ2) is 8.27. The van der Waals surface area contributed by atoms with Crippen LogP contribution in [0.5, 0.6) is 5.75 Å². The number of primary sulfonamides is 1. The van der Waals surface area contributed by atoms with E-state index in [9.17, 15) is 21.6 Å². The van der Waals surface area contributed by atoms with Crippen LogP contribution >= 0.6 is 15.9 Å². The standard InChI is InChI=1S/C15H14BrFN2O5S2/c1-24-14-4-2-11(16)8-10(14)6-7-19(25(20)21)13-9-12(17)3-5-15(13)26(18,22)23/h2-9H,1H3,(H,20,21)(H2,18,22,23). The zero-order chi connectivity index (χ0) is 19.5. The highest BCUT2D eigenvalue weighted by molar-refractivity contribution is 9.10. The monoisotopic (exact) mass is 464 g/mol. The lowest BCUT2D eigenvalue weighted by Gasteiger charge is -2.18. The Morgan fingerprint density at radius 1 is 1.31 bits per heavy atom. The highest BCUT2D eigenvalue weighted by Crippen LogP contribution is 2.29. The van der Waals surface area contributed by atoms with Crippen molar-refractivity contribution in [2.45, 2.75) is 4.90 Å². The fourth-order valence-electron chi connectivity index (χ4n) is 2.10. The van der Waals surface area contributed by atoms with Gasteiger partial charge in [-0.1, -0.05) is 15.9 Å².